The Morgan fingerprint density at radius 3 is 2.41 bits per heavy atom. The minimum Gasteiger partial charge on any atom is -0.467 e. The predicted octanol–water partition coefficient (Wildman–Crippen LogP) is 5.45. The zero-order valence-electron chi connectivity index (χ0n) is 17.9. The third-order valence-electron chi connectivity index (χ3n) is 5.46. The highest BCUT2D eigenvalue weighted by Gasteiger charge is 2.44. The molecule has 0 aliphatic carbocycles. The third kappa shape index (κ3) is 5.46. The van der Waals surface area contributed by atoms with Crippen molar-refractivity contribution in [2.75, 3.05) is 0 Å². The molecule has 1 aromatic carbocycles. The van der Waals surface area contributed by atoms with Crippen LogP contribution in [0.4, 0.5) is 0 Å². The van der Waals surface area contributed by atoms with E-state index in [-0.39, 0.29) is 17.5 Å². The Morgan fingerprint density at radius 1 is 1.28 bits per heavy atom. The quantitative estimate of drug-likeness (QED) is 0.429. The van der Waals surface area contributed by atoms with Crippen molar-refractivity contribution in [3.05, 3.63) is 72.7 Å². The van der Waals surface area contributed by atoms with Crippen LogP contribution in [-0.4, -0.2) is 25.2 Å². The number of carbonyl (C=O) groups is 1. The van der Waals surface area contributed by atoms with Gasteiger partial charge in [0, 0.05) is 6.54 Å². The number of furan rings is 1. The van der Waals surface area contributed by atoms with Gasteiger partial charge in [-0.25, -0.2) is 0 Å². The van der Waals surface area contributed by atoms with E-state index in [1.165, 1.54) is 11.0 Å². The van der Waals surface area contributed by atoms with E-state index in [4.69, 9.17) is 8.84 Å². The van der Waals surface area contributed by atoms with Crippen LogP contribution in [0.2, 0.25) is 18.1 Å². The molecular formula is C23H30N2O3Si. The number of amides is 1. The van der Waals surface area contributed by atoms with E-state index in [1.807, 2.05) is 30.3 Å². The van der Waals surface area contributed by atoms with Crippen LogP contribution in [0.5, 0.6) is 0 Å². The molecule has 0 saturated carbocycles. The highest BCUT2D eigenvalue weighted by molar-refractivity contribution is 6.74. The molecule has 6 heteroatoms. The van der Waals surface area contributed by atoms with Crippen molar-refractivity contribution >= 4 is 14.2 Å². The number of hydrogen-bond donors (Lipinski definition) is 0. The summed E-state index contributed by atoms with van der Waals surface area (Å²) in [5.74, 6) is 0.215. The van der Waals surface area contributed by atoms with Gasteiger partial charge in [-0.1, -0.05) is 57.7 Å². The number of nitrogens with zero attached hydrogens (tertiary/aromatic N) is 2. The molecule has 1 amide bonds. The lowest BCUT2D eigenvalue weighted by molar-refractivity contribution is -0.130. The number of nitriles is 1. The normalized spacial score (nSPS) is 13.9. The van der Waals surface area contributed by atoms with Gasteiger partial charge >= 0.3 is 0 Å². The minimum absolute atomic E-state index is 0.0649. The maximum atomic E-state index is 12.7. The van der Waals surface area contributed by atoms with Gasteiger partial charge in [0.1, 0.15) is 11.9 Å². The second kappa shape index (κ2) is 9.25. The number of hydrogen-bond acceptors (Lipinski definition) is 4. The highest BCUT2D eigenvalue weighted by Crippen LogP contribution is 2.41. The van der Waals surface area contributed by atoms with Gasteiger partial charge in [0.15, 0.2) is 14.4 Å². The molecule has 1 heterocycles. The van der Waals surface area contributed by atoms with Crippen LogP contribution < -0.4 is 0 Å². The first-order valence-corrected chi connectivity index (χ1v) is 12.6. The molecule has 0 spiro atoms. The van der Waals surface area contributed by atoms with Crippen LogP contribution in [0.25, 0.3) is 0 Å². The Bertz CT molecular complexity index is 848. The van der Waals surface area contributed by atoms with Gasteiger partial charge in [-0.3, -0.25) is 4.79 Å². The number of benzene rings is 1. The topological polar surface area (TPSA) is 66.5 Å². The minimum atomic E-state index is -2.26. The average Bonchev–Trinajstić information content (AvgIpc) is 3.20. The van der Waals surface area contributed by atoms with E-state index >= 15 is 0 Å². The molecule has 2 aromatic rings. The molecular weight excluding hydrogens is 380 g/mol. The summed E-state index contributed by atoms with van der Waals surface area (Å²) < 4.78 is 12.2. The van der Waals surface area contributed by atoms with Gasteiger partial charge in [-0.2, -0.15) is 5.26 Å². The first-order valence-electron chi connectivity index (χ1n) is 9.68. The van der Waals surface area contributed by atoms with E-state index in [2.05, 4.69) is 46.5 Å². The molecule has 29 heavy (non-hydrogen) atoms. The zero-order chi connectivity index (χ0) is 21.7. The summed E-state index contributed by atoms with van der Waals surface area (Å²) in [6.45, 7) is 14.5. The summed E-state index contributed by atoms with van der Waals surface area (Å²) in [6, 6.07) is 14.6. The Hall–Kier alpha value is -2.62. The van der Waals surface area contributed by atoms with Crippen molar-refractivity contribution in [2.45, 2.75) is 57.6 Å². The number of carbonyl (C=O) groups excluding carboxylic acids is 1. The van der Waals surface area contributed by atoms with Crippen molar-refractivity contribution in [2.24, 2.45) is 0 Å². The Balaban J connectivity index is 2.47. The molecule has 0 N–H and O–H groups in total. The molecule has 0 fully saturated rings. The Kier molecular flexibility index (Phi) is 7.23. The van der Waals surface area contributed by atoms with Crippen LogP contribution in [0, 0.1) is 11.3 Å². The molecule has 5 nitrogen and oxygen atoms in total. The number of rotatable bonds is 8. The maximum Gasteiger partial charge on any atom is 0.247 e. The molecule has 0 unspecified atom stereocenters. The largest absolute Gasteiger partial charge is 0.467 e. The summed E-state index contributed by atoms with van der Waals surface area (Å²) in [6.07, 6.45) is 2.10. The lowest BCUT2D eigenvalue weighted by Crippen LogP contribution is -2.48. The van der Waals surface area contributed by atoms with Gasteiger partial charge in [-0.05, 0) is 41.9 Å². The van der Waals surface area contributed by atoms with E-state index in [0.717, 1.165) is 5.56 Å². The lowest BCUT2D eigenvalue weighted by atomic mass is 10.1. The maximum absolute atomic E-state index is 12.7. The fourth-order valence-corrected chi connectivity index (χ4v) is 3.97. The van der Waals surface area contributed by atoms with Gasteiger partial charge < -0.3 is 13.7 Å². The second-order valence-electron chi connectivity index (χ2n) is 8.54. The fourth-order valence-electron chi connectivity index (χ4n) is 2.74. The third-order valence-corrected chi connectivity index (χ3v) is 9.92. The fraction of sp³-hybridized carbons (Fsp3) is 0.391. The van der Waals surface area contributed by atoms with Crippen LogP contribution in [-0.2, 0) is 15.8 Å². The van der Waals surface area contributed by atoms with Gasteiger partial charge in [0.25, 0.3) is 0 Å². The summed E-state index contributed by atoms with van der Waals surface area (Å²) in [5.41, 5.74) is 0.925. The Morgan fingerprint density at radius 2 is 1.93 bits per heavy atom. The van der Waals surface area contributed by atoms with Crippen LogP contribution in [0.3, 0.4) is 0 Å². The summed E-state index contributed by atoms with van der Waals surface area (Å²) in [4.78, 5) is 14.2. The van der Waals surface area contributed by atoms with E-state index in [1.54, 1.807) is 18.4 Å². The van der Waals surface area contributed by atoms with Gasteiger partial charge in [0.2, 0.25) is 5.91 Å². The van der Waals surface area contributed by atoms with E-state index < -0.39 is 20.5 Å². The molecule has 0 bridgehead atoms. The van der Waals surface area contributed by atoms with Crippen LogP contribution >= 0.6 is 0 Å². The van der Waals surface area contributed by atoms with Gasteiger partial charge in [-0.15, -0.1) is 0 Å². The molecule has 154 valence electrons. The second-order valence-corrected chi connectivity index (χ2v) is 13.3. The zero-order valence-corrected chi connectivity index (χ0v) is 18.9. The van der Waals surface area contributed by atoms with Crippen molar-refractivity contribution in [1.82, 2.24) is 4.90 Å². The standard InChI is InChI=1S/C23H30N2O3Si/c1-7-21(26)25(17-18-12-9-8-10-13-18)19(16-24)22(20-14-11-15-27-20)28-29(5,6)23(2,3)4/h7-15,19,22H,1,17H2,2-6H3/t19-,22+/m0/s1. The van der Waals surface area contributed by atoms with Crippen molar-refractivity contribution in [3.8, 4) is 6.07 Å². The predicted molar refractivity (Wildman–Crippen MR) is 116 cm³/mol. The molecule has 2 atom stereocenters. The first kappa shape index (κ1) is 22.7. The molecule has 1 aromatic heterocycles. The lowest BCUT2D eigenvalue weighted by Gasteiger charge is -2.41. The summed E-state index contributed by atoms with van der Waals surface area (Å²) in [5, 5.41) is 10.0. The summed E-state index contributed by atoms with van der Waals surface area (Å²) in [7, 11) is -2.26. The molecule has 0 aliphatic rings. The van der Waals surface area contributed by atoms with Gasteiger partial charge in [0.05, 0.1) is 12.3 Å². The molecule has 2 rings (SSSR count). The highest BCUT2D eigenvalue weighted by atomic mass is 28.4. The monoisotopic (exact) mass is 410 g/mol. The first-order chi connectivity index (χ1) is 13.6. The van der Waals surface area contributed by atoms with Crippen molar-refractivity contribution in [1.29, 1.82) is 5.26 Å². The van der Waals surface area contributed by atoms with Crippen molar-refractivity contribution in [3.63, 3.8) is 0 Å². The van der Waals surface area contributed by atoms with Crippen LogP contribution in [0.15, 0.2) is 65.8 Å². The van der Waals surface area contributed by atoms with E-state index in [0.29, 0.717) is 5.76 Å². The molecule has 0 saturated heterocycles. The van der Waals surface area contributed by atoms with Crippen LogP contribution in [0.1, 0.15) is 38.2 Å². The average molecular weight is 411 g/mol. The SMILES string of the molecule is C=CC(=O)N(Cc1ccccc1)[C@@H](C#N)[C@@H](O[Si](C)(C)C(C)(C)C)c1ccco1. The smallest absolute Gasteiger partial charge is 0.247 e. The van der Waals surface area contributed by atoms with E-state index in [9.17, 15) is 10.1 Å². The Labute approximate surface area is 174 Å². The molecule has 0 aliphatic heterocycles. The summed E-state index contributed by atoms with van der Waals surface area (Å²) >= 11 is 0. The van der Waals surface area contributed by atoms with Crippen molar-refractivity contribution < 1.29 is 13.6 Å². The molecule has 0 radical (unpaired) electrons.